The monoisotopic (exact) mass is 322 g/mol. The van der Waals surface area contributed by atoms with Crippen LogP contribution in [0.5, 0.6) is 0 Å². The highest BCUT2D eigenvalue weighted by Gasteiger charge is 2.36. The largest absolute Gasteiger partial charge is 0.459 e. The Morgan fingerprint density at radius 2 is 2.13 bits per heavy atom. The Hall–Kier alpha value is -1.86. The Kier molecular flexibility index (Phi) is 4.97. The summed E-state index contributed by atoms with van der Waals surface area (Å²) < 4.78 is 11.1. The van der Waals surface area contributed by atoms with Crippen LogP contribution in [-0.4, -0.2) is 72.2 Å². The molecule has 3 heterocycles. The number of carbonyl (C=O) groups excluding carboxylic acids is 2. The Balaban J connectivity index is 1.62. The molecule has 2 amide bonds. The second kappa shape index (κ2) is 7.14. The molecule has 7 nitrogen and oxygen atoms in total. The van der Waals surface area contributed by atoms with E-state index in [1.807, 2.05) is 0 Å². The Labute approximate surface area is 134 Å². The van der Waals surface area contributed by atoms with Crippen molar-refractivity contribution in [2.45, 2.75) is 18.9 Å². The fourth-order valence-corrected chi connectivity index (χ4v) is 3.27. The number of rotatable bonds is 3. The number of aliphatic hydroxyl groups is 1. The topological polar surface area (TPSA) is 83.2 Å². The van der Waals surface area contributed by atoms with E-state index in [1.54, 1.807) is 21.9 Å². The second-order valence-corrected chi connectivity index (χ2v) is 6.00. The number of carbonyl (C=O) groups is 2. The van der Waals surface area contributed by atoms with E-state index < -0.39 is 0 Å². The molecule has 1 aromatic rings. The number of hydrogen-bond donors (Lipinski definition) is 1. The summed E-state index contributed by atoms with van der Waals surface area (Å²) >= 11 is 0. The van der Waals surface area contributed by atoms with Gasteiger partial charge in [-0.25, -0.2) is 0 Å². The first kappa shape index (κ1) is 16.0. The molecule has 2 aliphatic heterocycles. The van der Waals surface area contributed by atoms with Crippen LogP contribution in [0.15, 0.2) is 22.8 Å². The average molecular weight is 322 g/mol. The number of nitrogens with zero attached hydrogens (tertiary/aromatic N) is 2. The van der Waals surface area contributed by atoms with Gasteiger partial charge < -0.3 is 24.1 Å². The summed E-state index contributed by atoms with van der Waals surface area (Å²) in [5.41, 5.74) is 0. The number of fused-ring (bicyclic) bond motifs is 1. The molecule has 2 fully saturated rings. The third-order valence-electron chi connectivity index (χ3n) is 4.54. The van der Waals surface area contributed by atoms with Crippen LogP contribution in [0.1, 0.15) is 23.4 Å². The highest BCUT2D eigenvalue weighted by Crippen LogP contribution is 2.25. The van der Waals surface area contributed by atoms with Gasteiger partial charge in [0, 0.05) is 38.5 Å². The number of ether oxygens (including phenoxy) is 1. The van der Waals surface area contributed by atoms with Gasteiger partial charge in [-0.15, -0.1) is 0 Å². The SMILES string of the molecule is O=C(CCO)N1CC[C@@H]2CN(C(=O)c3ccco3)CCO[C@@H]2C1. The summed E-state index contributed by atoms with van der Waals surface area (Å²) in [5, 5.41) is 8.90. The maximum Gasteiger partial charge on any atom is 0.289 e. The molecule has 23 heavy (non-hydrogen) atoms. The summed E-state index contributed by atoms with van der Waals surface area (Å²) in [6.07, 6.45) is 2.39. The molecule has 1 N–H and O–H groups in total. The minimum atomic E-state index is -0.129. The van der Waals surface area contributed by atoms with Gasteiger partial charge in [0.1, 0.15) is 0 Å². The van der Waals surface area contributed by atoms with Crippen LogP contribution in [0.4, 0.5) is 0 Å². The van der Waals surface area contributed by atoms with Crippen molar-refractivity contribution in [2.75, 3.05) is 39.4 Å². The quantitative estimate of drug-likeness (QED) is 0.868. The third-order valence-corrected chi connectivity index (χ3v) is 4.54. The zero-order chi connectivity index (χ0) is 16.2. The number of likely N-dealkylation sites (tertiary alicyclic amines) is 1. The smallest absolute Gasteiger partial charge is 0.289 e. The van der Waals surface area contributed by atoms with E-state index in [0.717, 1.165) is 6.42 Å². The lowest BCUT2D eigenvalue weighted by Crippen LogP contribution is -2.49. The van der Waals surface area contributed by atoms with Gasteiger partial charge in [0.05, 0.1) is 25.6 Å². The minimum Gasteiger partial charge on any atom is -0.459 e. The molecule has 7 heteroatoms. The number of piperidine rings is 1. The molecule has 0 saturated carbocycles. The third kappa shape index (κ3) is 3.56. The van der Waals surface area contributed by atoms with E-state index >= 15 is 0 Å². The van der Waals surface area contributed by atoms with Crippen molar-refractivity contribution in [1.29, 1.82) is 0 Å². The van der Waals surface area contributed by atoms with E-state index in [0.29, 0.717) is 38.5 Å². The number of furan rings is 1. The van der Waals surface area contributed by atoms with Crippen LogP contribution in [-0.2, 0) is 9.53 Å². The van der Waals surface area contributed by atoms with Crippen molar-refractivity contribution in [1.82, 2.24) is 9.80 Å². The molecule has 2 aliphatic rings. The summed E-state index contributed by atoms with van der Waals surface area (Å²) in [4.78, 5) is 27.9. The van der Waals surface area contributed by atoms with Crippen LogP contribution >= 0.6 is 0 Å². The van der Waals surface area contributed by atoms with E-state index in [4.69, 9.17) is 14.3 Å². The molecule has 0 radical (unpaired) electrons. The van der Waals surface area contributed by atoms with Crippen molar-refractivity contribution >= 4 is 11.8 Å². The summed E-state index contributed by atoms with van der Waals surface area (Å²) in [5.74, 6) is 0.411. The van der Waals surface area contributed by atoms with Crippen molar-refractivity contribution in [3.05, 3.63) is 24.2 Å². The molecule has 126 valence electrons. The molecular formula is C16H22N2O5. The van der Waals surface area contributed by atoms with Gasteiger partial charge in [0.2, 0.25) is 5.91 Å². The Morgan fingerprint density at radius 1 is 1.26 bits per heavy atom. The van der Waals surface area contributed by atoms with E-state index in [1.165, 1.54) is 6.26 Å². The molecule has 0 aromatic carbocycles. The number of amides is 2. The van der Waals surface area contributed by atoms with Crippen LogP contribution in [0.25, 0.3) is 0 Å². The zero-order valence-electron chi connectivity index (χ0n) is 13.0. The van der Waals surface area contributed by atoms with Gasteiger partial charge in [-0.05, 0) is 18.6 Å². The predicted molar refractivity (Wildman–Crippen MR) is 80.7 cm³/mol. The molecular weight excluding hydrogens is 300 g/mol. The summed E-state index contributed by atoms with van der Waals surface area (Å²) in [6, 6.07) is 3.37. The van der Waals surface area contributed by atoms with Gasteiger partial charge in [-0.3, -0.25) is 9.59 Å². The number of aliphatic hydroxyl groups excluding tert-OH is 1. The maximum atomic E-state index is 12.4. The minimum absolute atomic E-state index is 0.0395. The maximum absolute atomic E-state index is 12.4. The van der Waals surface area contributed by atoms with Gasteiger partial charge in [-0.1, -0.05) is 0 Å². The zero-order valence-corrected chi connectivity index (χ0v) is 13.0. The molecule has 3 rings (SSSR count). The second-order valence-electron chi connectivity index (χ2n) is 6.00. The Bertz CT molecular complexity index is 545. The van der Waals surface area contributed by atoms with Crippen LogP contribution in [0.2, 0.25) is 0 Å². The van der Waals surface area contributed by atoms with Gasteiger partial charge in [-0.2, -0.15) is 0 Å². The molecule has 0 bridgehead atoms. The molecule has 0 spiro atoms. The van der Waals surface area contributed by atoms with Crippen LogP contribution < -0.4 is 0 Å². The summed E-state index contributed by atoms with van der Waals surface area (Å²) in [7, 11) is 0. The van der Waals surface area contributed by atoms with Crippen molar-refractivity contribution in [2.24, 2.45) is 5.92 Å². The fraction of sp³-hybridized carbons (Fsp3) is 0.625. The van der Waals surface area contributed by atoms with Gasteiger partial charge >= 0.3 is 0 Å². The average Bonchev–Trinajstić information content (AvgIpc) is 3.00. The van der Waals surface area contributed by atoms with Gasteiger partial charge in [0.15, 0.2) is 5.76 Å². The molecule has 1 aromatic heterocycles. The standard InChI is InChI=1S/C16H22N2O5/c19-7-4-15(20)17-5-3-12-10-18(6-9-23-14(12)11-17)16(21)13-2-1-8-22-13/h1-2,8,12,14,19H,3-7,9-11H2/t12-,14-/m1/s1. The normalized spacial score (nSPS) is 24.9. The van der Waals surface area contributed by atoms with Crippen LogP contribution in [0, 0.1) is 5.92 Å². The van der Waals surface area contributed by atoms with E-state index in [2.05, 4.69) is 0 Å². The molecule has 2 atom stereocenters. The summed E-state index contributed by atoms with van der Waals surface area (Å²) in [6.45, 7) is 2.65. The number of hydrogen-bond acceptors (Lipinski definition) is 5. The lowest BCUT2D eigenvalue weighted by atomic mass is 9.93. The Morgan fingerprint density at radius 3 is 2.87 bits per heavy atom. The highest BCUT2D eigenvalue weighted by molar-refractivity contribution is 5.91. The lowest BCUT2D eigenvalue weighted by molar-refractivity contribution is -0.137. The van der Waals surface area contributed by atoms with Crippen molar-refractivity contribution < 1.29 is 23.8 Å². The first-order valence-electron chi connectivity index (χ1n) is 8.02. The highest BCUT2D eigenvalue weighted by atomic mass is 16.5. The fourth-order valence-electron chi connectivity index (χ4n) is 3.27. The van der Waals surface area contributed by atoms with Crippen molar-refractivity contribution in [3.8, 4) is 0 Å². The predicted octanol–water partition coefficient (Wildman–Crippen LogP) is 0.351. The van der Waals surface area contributed by atoms with E-state index in [-0.39, 0.29) is 36.9 Å². The van der Waals surface area contributed by atoms with Crippen molar-refractivity contribution in [3.63, 3.8) is 0 Å². The first-order valence-corrected chi connectivity index (χ1v) is 8.02. The molecule has 2 saturated heterocycles. The first-order chi connectivity index (χ1) is 11.2. The molecule has 0 unspecified atom stereocenters. The van der Waals surface area contributed by atoms with E-state index in [9.17, 15) is 9.59 Å². The molecule has 0 aliphatic carbocycles. The lowest BCUT2D eigenvalue weighted by Gasteiger charge is -2.37. The van der Waals surface area contributed by atoms with Gasteiger partial charge in [0.25, 0.3) is 5.91 Å². The van der Waals surface area contributed by atoms with Crippen LogP contribution in [0.3, 0.4) is 0 Å².